The normalized spacial score (nSPS) is 16.6. The molecule has 3 rings (SSSR count). The van der Waals surface area contributed by atoms with Crippen LogP contribution < -0.4 is 11.1 Å². The Bertz CT molecular complexity index is 703. The van der Waals surface area contributed by atoms with E-state index in [9.17, 15) is 4.39 Å². The van der Waals surface area contributed by atoms with Gasteiger partial charge in [-0.15, -0.1) is 0 Å². The van der Waals surface area contributed by atoms with Gasteiger partial charge in [-0.1, -0.05) is 37.8 Å². The highest BCUT2D eigenvalue weighted by atomic mass is 19.1. The van der Waals surface area contributed by atoms with E-state index in [0.717, 1.165) is 18.4 Å². The fourth-order valence-electron chi connectivity index (χ4n) is 3.14. The molecule has 0 aliphatic heterocycles. The highest BCUT2D eigenvalue weighted by Gasteiger charge is 2.12. The number of benzene rings is 1. The molecule has 0 saturated heterocycles. The number of aromatic nitrogens is 3. The molecule has 1 aromatic carbocycles. The topological polar surface area (TPSA) is 81.1 Å². The maximum Gasteiger partial charge on any atom is 0.189 e. The van der Waals surface area contributed by atoms with E-state index in [1.54, 1.807) is 17.1 Å². The molecule has 0 unspecified atom stereocenters. The first-order chi connectivity index (χ1) is 12.2. The van der Waals surface area contributed by atoms with Crippen LogP contribution in [0.5, 0.6) is 0 Å². The molecule has 3 N–H and O–H groups in total. The minimum atomic E-state index is -0.250. The molecule has 25 heavy (non-hydrogen) atoms. The number of aliphatic imine (C=N–C) groups is 1. The third-order valence-corrected chi connectivity index (χ3v) is 4.42. The average Bonchev–Trinajstić information content (AvgIpc) is 2.87. The number of rotatable bonds is 5. The van der Waals surface area contributed by atoms with Gasteiger partial charge in [0.05, 0.1) is 6.54 Å². The Kier molecular flexibility index (Phi) is 5.98. The van der Waals surface area contributed by atoms with Gasteiger partial charge in [0.25, 0.3) is 0 Å². The summed E-state index contributed by atoms with van der Waals surface area (Å²) in [6, 6.07) is 6.89. The number of nitrogens with two attached hydrogens (primary N) is 1. The molecule has 1 aromatic heterocycles. The minimum Gasteiger partial charge on any atom is -0.370 e. The first kappa shape index (κ1) is 17.4. The van der Waals surface area contributed by atoms with Crippen molar-refractivity contribution in [2.75, 3.05) is 0 Å². The van der Waals surface area contributed by atoms with E-state index in [-0.39, 0.29) is 5.82 Å². The zero-order valence-electron chi connectivity index (χ0n) is 14.4. The lowest BCUT2D eigenvalue weighted by atomic mass is 10.1. The molecule has 0 bridgehead atoms. The summed E-state index contributed by atoms with van der Waals surface area (Å²) >= 11 is 0. The fourth-order valence-corrected chi connectivity index (χ4v) is 3.14. The van der Waals surface area contributed by atoms with Gasteiger partial charge in [-0.05, 0) is 30.5 Å². The summed E-state index contributed by atoms with van der Waals surface area (Å²) in [6.07, 6.45) is 9.04. The summed E-state index contributed by atoms with van der Waals surface area (Å²) in [5, 5.41) is 7.67. The Morgan fingerprint density at radius 2 is 2.08 bits per heavy atom. The molecule has 2 aromatic rings. The van der Waals surface area contributed by atoms with Crippen LogP contribution in [-0.2, 0) is 13.1 Å². The number of hydrogen-bond acceptors (Lipinski definition) is 3. The lowest BCUT2D eigenvalue weighted by Gasteiger charge is -2.16. The lowest BCUT2D eigenvalue weighted by molar-refractivity contribution is 0.530. The zero-order chi connectivity index (χ0) is 17.5. The van der Waals surface area contributed by atoms with Crippen LogP contribution in [0.15, 0.2) is 35.6 Å². The molecular weight excluding hydrogens is 319 g/mol. The number of guanidine groups is 1. The van der Waals surface area contributed by atoms with Crippen molar-refractivity contribution in [3.63, 3.8) is 0 Å². The highest BCUT2D eigenvalue weighted by molar-refractivity contribution is 5.78. The molecule has 0 atom stereocenters. The first-order valence-corrected chi connectivity index (χ1v) is 8.88. The standard InChI is InChI=1S/C18H25FN6/c19-15-7-5-6-14(10-15)12-25-13-22-17(24-25)11-21-18(20)23-16-8-3-1-2-4-9-16/h5-7,10,13,16H,1-4,8-9,11-12H2,(H3,20,21,23). The molecule has 0 amide bonds. The van der Waals surface area contributed by atoms with Gasteiger partial charge in [0.1, 0.15) is 18.7 Å². The van der Waals surface area contributed by atoms with E-state index >= 15 is 0 Å². The van der Waals surface area contributed by atoms with Crippen molar-refractivity contribution in [3.05, 3.63) is 47.8 Å². The van der Waals surface area contributed by atoms with E-state index in [4.69, 9.17) is 5.73 Å². The maximum absolute atomic E-state index is 13.2. The second kappa shape index (κ2) is 8.60. The van der Waals surface area contributed by atoms with Gasteiger partial charge in [-0.3, -0.25) is 0 Å². The molecule has 0 spiro atoms. The minimum absolute atomic E-state index is 0.250. The third kappa shape index (κ3) is 5.55. The maximum atomic E-state index is 13.2. The Morgan fingerprint density at radius 1 is 1.28 bits per heavy atom. The smallest absolute Gasteiger partial charge is 0.189 e. The molecule has 7 heteroatoms. The Labute approximate surface area is 147 Å². The molecule has 134 valence electrons. The first-order valence-electron chi connectivity index (χ1n) is 8.88. The van der Waals surface area contributed by atoms with Gasteiger partial charge >= 0.3 is 0 Å². The number of hydrogen-bond donors (Lipinski definition) is 2. The number of nitrogens with zero attached hydrogens (tertiary/aromatic N) is 4. The Morgan fingerprint density at radius 3 is 2.84 bits per heavy atom. The monoisotopic (exact) mass is 344 g/mol. The van der Waals surface area contributed by atoms with Crippen LogP contribution >= 0.6 is 0 Å². The fraction of sp³-hybridized carbons (Fsp3) is 0.500. The summed E-state index contributed by atoms with van der Waals surface area (Å²) < 4.78 is 14.9. The second-order valence-electron chi connectivity index (χ2n) is 6.52. The number of nitrogens with one attached hydrogen (secondary N) is 1. The van der Waals surface area contributed by atoms with Crippen molar-refractivity contribution >= 4 is 5.96 Å². The molecule has 1 fully saturated rings. The summed E-state index contributed by atoms with van der Waals surface area (Å²) in [5.74, 6) is 0.801. The highest BCUT2D eigenvalue weighted by Crippen LogP contribution is 2.16. The molecular formula is C18H25FN6. The summed E-state index contributed by atoms with van der Waals surface area (Å²) in [7, 11) is 0. The van der Waals surface area contributed by atoms with Crippen molar-refractivity contribution in [2.45, 2.75) is 57.7 Å². The van der Waals surface area contributed by atoms with Gasteiger partial charge in [-0.2, -0.15) is 5.10 Å². The summed E-state index contributed by atoms with van der Waals surface area (Å²) in [4.78, 5) is 8.57. The molecule has 1 aliphatic carbocycles. The van der Waals surface area contributed by atoms with E-state index in [0.29, 0.717) is 30.9 Å². The predicted octanol–water partition coefficient (Wildman–Crippen LogP) is 2.59. The Balaban J connectivity index is 1.52. The van der Waals surface area contributed by atoms with Gasteiger partial charge in [0.2, 0.25) is 0 Å². The van der Waals surface area contributed by atoms with Crippen LogP contribution in [0.2, 0.25) is 0 Å². The van der Waals surface area contributed by atoms with Gasteiger partial charge in [0, 0.05) is 6.04 Å². The molecule has 1 heterocycles. The van der Waals surface area contributed by atoms with Crippen LogP contribution in [-0.4, -0.2) is 26.8 Å². The second-order valence-corrected chi connectivity index (χ2v) is 6.52. The van der Waals surface area contributed by atoms with Crippen molar-refractivity contribution in [1.29, 1.82) is 0 Å². The average molecular weight is 344 g/mol. The third-order valence-electron chi connectivity index (χ3n) is 4.42. The van der Waals surface area contributed by atoms with E-state index in [1.807, 2.05) is 6.07 Å². The summed E-state index contributed by atoms with van der Waals surface area (Å²) in [6.45, 7) is 0.811. The molecule has 1 aliphatic rings. The number of halogens is 1. The quantitative estimate of drug-likeness (QED) is 0.496. The van der Waals surface area contributed by atoms with Crippen LogP contribution in [0.25, 0.3) is 0 Å². The largest absolute Gasteiger partial charge is 0.370 e. The molecule has 0 radical (unpaired) electrons. The van der Waals surface area contributed by atoms with Crippen molar-refractivity contribution in [3.8, 4) is 0 Å². The van der Waals surface area contributed by atoms with Gasteiger partial charge in [-0.25, -0.2) is 19.0 Å². The SMILES string of the molecule is NC(=NCc1ncn(Cc2cccc(F)c2)n1)NC1CCCCCC1. The van der Waals surface area contributed by atoms with Gasteiger partial charge in [0.15, 0.2) is 11.8 Å². The van der Waals surface area contributed by atoms with Crippen molar-refractivity contribution < 1.29 is 4.39 Å². The van der Waals surface area contributed by atoms with Crippen molar-refractivity contribution in [2.24, 2.45) is 10.7 Å². The zero-order valence-corrected chi connectivity index (χ0v) is 14.4. The summed E-state index contributed by atoms with van der Waals surface area (Å²) in [5.41, 5.74) is 6.83. The molecule has 1 saturated carbocycles. The van der Waals surface area contributed by atoms with Crippen LogP contribution in [0, 0.1) is 5.82 Å². The van der Waals surface area contributed by atoms with Gasteiger partial charge < -0.3 is 11.1 Å². The van der Waals surface area contributed by atoms with Crippen LogP contribution in [0.1, 0.15) is 49.9 Å². The lowest BCUT2D eigenvalue weighted by Crippen LogP contribution is -2.39. The van der Waals surface area contributed by atoms with E-state index in [2.05, 4.69) is 20.4 Å². The van der Waals surface area contributed by atoms with E-state index in [1.165, 1.54) is 37.8 Å². The van der Waals surface area contributed by atoms with Crippen molar-refractivity contribution in [1.82, 2.24) is 20.1 Å². The predicted molar refractivity (Wildman–Crippen MR) is 95.5 cm³/mol. The van der Waals surface area contributed by atoms with Crippen LogP contribution in [0.4, 0.5) is 4.39 Å². The van der Waals surface area contributed by atoms with E-state index < -0.39 is 0 Å². The van der Waals surface area contributed by atoms with Crippen LogP contribution in [0.3, 0.4) is 0 Å². The molecule has 6 nitrogen and oxygen atoms in total. The Hall–Kier alpha value is -2.44.